The van der Waals surface area contributed by atoms with Gasteiger partial charge in [-0.3, -0.25) is 4.79 Å². The van der Waals surface area contributed by atoms with Crippen molar-refractivity contribution in [3.05, 3.63) is 54.0 Å². The van der Waals surface area contributed by atoms with Crippen LogP contribution >= 0.6 is 11.8 Å². The van der Waals surface area contributed by atoms with Gasteiger partial charge in [0, 0.05) is 18.0 Å². The molecule has 2 rings (SSSR count). The molecule has 2 aromatic rings. The SMILES string of the molecule is CSc1ccccc1NC(=O)/C=C/c1ccc(CN(C)S(C)(=O)=O)o1. The maximum Gasteiger partial charge on any atom is 0.248 e. The zero-order valence-corrected chi connectivity index (χ0v) is 15.9. The van der Waals surface area contributed by atoms with Crippen molar-refractivity contribution in [3.8, 4) is 0 Å². The molecule has 8 heteroatoms. The van der Waals surface area contributed by atoms with Crippen molar-refractivity contribution in [3.63, 3.8) is 0 Å². The molecular formula is C17H20N2O4S2. The molecule has 1 heterocycles. The Morgan fingerprint density at radius 3 is 2.68 bits per heavy atom. The van der Waals surface area contributed by atoms with Gasteiger partial charge in [-0.25, -0.2) is 8.42 Å². The third-order valence-electron chi connectivity index (χ3n) is 3.39. The number of para-hydroxylation sites is 1. The molecule has 25 heavy (non-hydrogen) atoms. The molecule has 0 spiro atoms. The number of carbonyl (C=O) groups excluding carboxylic acids is 1. The van der Waals surface area contributed by atoms with Gasteiger partial charge in [0.2, 0.25) is 15.9 Å². The molecule has 0 aliphatic rings. The first-order valence-corrected chi connectivity index (χ1v) is 10.5. The number of hydrogen-bond donors (Lipinski definition) is 1. The zero-order chi connectivity index (χ0) is 18.4. The lowest BCUT2D eigenvalue weighted by Crippen LogP contribution is -2.24. The van der Waals surface area contributed by atoms with E-state index in [1.807, 2.05) is 30.5 Å². The largest absolute Gasteiger partial charge is 0.460 e. The number of nitrogens with one attached hydrogen (secondary N) is 1. The third kappa shape index (κ3) is 5.77. The fraction of sp³-hybridized carbons (Fsp3) is 0.235. The van der Waals surface area contributed by atoms with E-state index < -0.39 is 10.0 Å². The van der Waals surface area contributed by atoms with Crippen molar-refractivity contribution in [1.29, 1.82) is 0 Å². The minimum Gasteiger partial charge on any atom is -0.460 e. The van der Waals surface area contributed by atoms with Crippen molar-refractivity contribution in [2.24, 2.45) is 0 Å². The molecule has 0 aliphatic carbocycles. The van der Waals surface area contributed by atoms with Crippen LogP contribution in [0.2, 0.25) is 0 Å². The van der Waals surface area contributed by atoms with Crippen LogP contribution in [-0.2, 0) is 21.4 Å². The molecule has 1 amide bonds. The molecule has 134 valence electrons. The van der Waals surface area contributed by atoms with Gasteiger partial charge in [-0.15, -0.1) is 11.8 Å². The maximum atomic E-state index is 12.0. The Morgan fingerprint density at radius 2 is 2.00 bits per heavy atom. The fourth-order valence-electron chi connectivity index (χ4n) is 1.99. The number of sulfonamides is 1. The van der Waals surface area contributed by atoms with Crippen molar-refractivity contribution >= 4 is 39.5 Å². The van der Waals surface area contributed by atoms with E-state index in [1.54, 1.807) is 30.0 Å². The van der Waals surface area contributed by atoms with E-state index in [-0.39, 0.29) is 12.5 Å². The van der Waals surface area contributed by atoms with Crippen LogP contribution in [0.5, 0.6) is 0 Å². The van der Waals surface area contributed by atoms with Gasteiger partial charge in [0.15, 0.2) is 0 Å². The summed E-state index contributed by atoms with van der Waals surface area (Å²) in [5.41, 5.74) is 0.750. The van der Waals surface area contributed by atoms with Gasteiger partial charge in [-0.05, 0) is 36.6 Å². The normalized spacial score (nSPS) is 12.0. The molecule has 0 saturated carbocycles. The molecule has 1 aromatic carbocycles. The number of hydrogen-bond acceptors (Lipinski definition) is 5. The number of benzene rings is 1. The van der Waals surface area contributed by atoms with E-state index in [0.29, 0.717) is 11.5 Å². The maximum absolute atomic E-state index is 12.0. The molecule has 0 bridgehead atoms. The van der Waals surface area contributed by atoms with Gasteiger partial charge in [-0.1, -0.05) is 12.1 Å². The number of carbonyl (C=O) groups is 1. The average molecular weight is 380 g/mol. The summed E-state index contributed by atoms with van der Waals surface area (Å²) in [4.78, 5) is 13.0. The number of furan rings is 1. The highest BCUT2D eigenvalue weighted by Crippen LogP contribution is 2.24. The minimum atomic E-state index is -3.27. The lowest BCUT2D eigenvalue weighted by Gasteiger charge is -2.11. The van der Waals surface area contributed by atoms with Crippen LogP contribution in [0.25, 0.3) is 6.08 Å². The predicted molar refractivity (Wildman–Crippen MR) is 101 cm³/mol. The van der Waals surface area contributed by atoms with Gasteiger partial charge in [0.1, 0.15) is 11.5 Å². The molecule has 1 N–H and O–H groups in total. The van der Waals surface area contributed by atoms with E-state index in [1.165, 1.54) is 17.4 Å². The Balaban J connectivity index is 1.99. The highest BCUT2D eigenvalue weighted by Gasteiger charge is 2.13. The smallest absolute Gasteiger partial charge is 0.248 e. The summed E-state index contributed by atoms with van der Waals surface area (Å²) in [6, 6.07) is 10.9. The van der Waals surface area contributed by atoms with Crippen LogP contribution in [0, 0.1) is 0 Å². The van der Waals surface area contributed by atoms with Gasteiger partial charge in [0.05, 0.1) is 18.5 Å². The summed E-state index contributed by atoms with van der Waals surface area (Å²) in [5.74, 6) is 0.707. The summed E-state index contributed by atoms with van der Waals surface area (Å²) in [6.45, 7) is 0.139. The number of rotatable bonds is 7. The van der Waals surface area contributed by atoms with Gasteiger partial charge in [0.25, 0.3) is 0 Å². The first kappa shape index (κ1) is 19.3. The van der Waals surface area contributed by atoms with Gasteiger partial charge < -0.3 is 9.73 Å². The van der Waals surface area contributed by atoms with Crippen LogP contribution in [0.3, 0.4) is 0 Å². The zero-order valence-electron chi connectivity index (χ0n) is 14.2. The van der Waals surface area contributed by atoms with Crippen molar-refractivity contribution in [2.45, 2.75) is 11.4 Å². The topological polar surface area (TPSA) is 79.6 Å². The molecule has 0 atom stereocenters. The molecule has 0 unspecified atom stereocenters. The molecule has 0 fully saturated rings. The second kappa shape index (κ2) is 8.37. The Morgan fingerprint density at radius 1 is 1.28 bits per heavy atom. The highest BCUT2D eigenvalue weighted by atomic mass is 32.2. The summed E-state index contributed by atoms with van der Waals surface area (Å²) in [6.07, 6.45) is 5.99. The summed E-state index contributed by atoms with van der Waals surface area (Å²) >= 11 is 1.55. The van der Waals surface area contributed by atoms with E-state index in [0.717, 1.165) is 16.8 Å². The minimum absolute atomic E-state index is 0.139. The Hall–Kier alpha value is -2.03. The van der Waals surface area contributed by atoms with Crippen molar-refractivity contribution < 1.29 is 17.6 Å². The molecule has 0 saturated heterocycles. The number of anilines is 1. The number of amides is 1. The summed E-state index contributed by atoms with van der Waals surface area (Å²) in [5, 5.41) is 2.81. The quantitative estimate of drug-likeness (QED) is 0.590. The lowest BCUT2D eigenvalue weighted by molar-refractivity contribution is -0.111. The summed E-state index contributed by atoms with van der Waals surface area (Å²) in [7, 11) is -1.79. The fourth-order valence-corrected chi connectivity index (χ4v) is 2.90. The van der Waals surface area contributed by atoms with E-state index >= 15 is 0 Å². The number of nitrogens with zero attached hydrogens (tertiary/aromatic N) is 1. The lowest BCUT2D eigenvalue weighted by atomic mass is 10.3. The molecule has 1 aromatic heterocycles. The van der Waals surface area contributed by atoms with E-state index in [2.05, 4.69) is 5.32 Å². The standard InChI is InChI=1S/C17H20N2O4S2/c1-19(25(3,21)22)12-14-9-8-13(23-14)10-11-17(20)18-15-6-4-5-7-16(15)24-2/h4-11H,12H2,1-3H3,(H,18,20)/b11-10+. The monoisotopic (exact) mass is 380 g/mol. The van der Waals surface area contributed by atoms with Crippen LogP contribution in [0.15, 0.2) is 51.8 Å². The van der Waals surface area contributed by atoms with Gasteiger partial charge >= 0.3 is 0 Å². The number of thioether (sulfide) groups is 1. The third-order valence-corrected chi connectivity index (χ3v) is 5.45. The highest BCUT2D eigenvalue weighted by molar-refractivity contribution is 7.98. The molecule has 0 radical (unpaired) electrons. The van der Waals surface area contributed by atoms with Crippen LogP contribution in [0.4, 0.5) is 5.69 Å². The molecular weight excluding hydrogens is 360 g/mol. The van der Waals surface area contributed by atoms with Crippen LogP contribution in [0.1, 0.15) is 11.5 Å². The van der Waals surface area contributed by atoms with Gasteiger partial charge in [-0.2, -0.15) is 4.31 Å². The second-order valence-corrected chi connectivity index (χ2v) is 8.28. The van der Waals surface area contributed by atoms with Crippen molar-refractivity contribution in [1.82, 2.24) is 4.31 Å². The Bertz CT molecular complexity index is 872. The van der Waals surface area contributed by atoms with Crippen molar-refractivity contribution in [2.75, 3.05) is 24.9 Å². The first-order chi connectivity index (χ1) is 11.8. The Labute approximate surface area is 152 Å². The van der Waals surface area contributed by atoms with Crippen LogP contribution in [-0.4, -0.2) is 38.2 Å². The van der Waals surface area contributed by atoms with E-state index in [4.69, 9.17) is 4.42 Å². The molecule has 0 aliphatic heterocycles. The molecule has 6 nitrogen and oxygen atoms in total. The first-order valence-electron chi connectivity index (χ1n) is 7.41. The summed E-state index contributed by atoms with van der Waals surface area (Å²) < 4.78 is 29.5. The Kier molecular flexibility index (Phi) is 6.46. The predicted octanol–water partition coefficient (Wildman–Crippen LogP) is 3.04. The van der Waals surface area contributed by atoms with E-state index in [9.17, 15) is 13.2 Å². The average Bonchev–Trinajstić information content (AvgIpc) is 3.00. The second-order valence-electron chi connectivity index (χ2n) is 5.35. The van der Waals surface area contributed by atoms with Crippen LogP contribution < -0.4 is 5.32 Å².